The van der Waals surface area contributed by atoms with Gasteiger partial charge in [-0.25, -0.2) is 0 Å². The quantitative estimate of drug-likeness (QED) is 0.881. The smallest absolute Gasteiger partial charge is 0.254 e. The summed E-state index contributed by atoms with van der Waals surface area (Å²) in [7, 11) is 0. The third kappa shape index (κ3) is 2.15. The van der Waals surface area contributed by atoms with E-state index in [2.05, 4.69) is 24.4 Å². The fourth-order valence-corrected chi connectivity index (χ4v) is 2.73. The van der Waals surface area contributed by atoms with Crippen LogP contribution in [0.5, 0.6) is 0 Å². The van der Waals surface area contributed by atoms with Gasteiger partial charge in [0.25, 0.3) is 5.91 Å². The average Bonchev–Trinajstić information content (AvgIpc) is 3.23. The molecule has 3 nitrogen and oxygen atoms in total. The number of nitrogens with zero attached hydrogens (tertiary/aromatic N) is 1. The monoisotopic (exact) mass is 244 g/mol. The molecule has 1 heterocycles. The summed E-state index contributed by atoms with van der Waals surface area (Å²) < 4.78 is 0. The molecule has 2 aliphatic rings. The predicted octanol–water partition coefficient (Wildman–Crippen LogP) is 1.96. The van der Waals surface area contributed by atoms with Crippen molar-refractivity contribution in [3.63, 3.8) is 0 Å². The number of hydrogen-bond donors (Lipinski definition) is 1. The Kier molecular flexibility index (Phi) is 3.08. The highest BCUT2D eigenvalue weighted by Gasteiger charge is 2.32. The summed E-state index contributed by atoms with van der Waals surface area (Å²) in [5, 5.41) is 3.36. The highest BCUT2D eigenvalue weighted by atomic mass is 16.2. The SMILES string of the molecule is CCN(C(=O)c1ccc2c(c1)CNCC2)C1CC1. The first kappa shape index (κ1) is 11.7. The molecule has 1 aromatic carbocycles. The van der Waals surface area contributed by atoms with Crippen LogP contribution in [-0.4, -0.2) is 29.9 Å². The lowest BCUT2D eigenvalue weighted by atomic mass is 9.98. The van der Waals surface area contributed by atoms with E-state index in [4.69, 9.17) is 0 Å². The van der Waals surface area contributed by atoms with Gasteiger partial charge in [-0.3, -0.25) is 4.79 Å². The number of nitrogens with one attached hydrogen (secondary N) is 1. The molecule has 1 aromatic rings. The van der Waals surface area contributed by atoms with Gasteiger partial charge in [-0.2, -0.15) is 0 Å². The number of fused-ring (bicyclic) bond motifs is 1. The first-order valence-corrected chi connectivity index (χ1v) is 6.93. The van der Waals surface area contributed by atoms with Gasteiger partial charge in [0, 0.05) is 24.7 Å². The number of carbonyl (C=O) groups excluding carboxylic acids is 1. The third-order valence-electron chi connectivity index (χ3n) is 3.93. The second-order valence-corrected chi connectivity index (χ2v) is 5.23. The van der Waals surface area contributed by atoms with Crippen LogP contribution in [0.3, 0.4) is 0 Å². The normalized spacial score (nSPS) is 18.3. The van der Waals surface area contributed by atoms with Gasteiger partial charge < -0.3 is 10.2 Å². The summed E-state index contributed by atoms with van der Waals surface area (Å²) in [6.45, 7) is 4.82. The Morgan fingerprint density at radius 1 is 1.39 bits per heavy atom. The zero-order chi connectivity index (χ0) is 12.5. The zero-order valence-electron chi connectivity index (χ0n) is 10.9. The molecule has 1 saturated carbocycles. The molecule has 0 bridgehead atoms. The Labute approximate surface area is 108 Å². The topological polar surface area (TPSA) is 32.3 Å². The molecule has 0 aromatic heterocycles. The van der Waals surface area contributed by atoms with Gasteiger partial charge in [0.05, 0.1) is 0 Å². The lowest BCUT2D eigenvalue weighted by molar-refractivity contribution is 0.0752. The minimum Gasteiger partial charge on any atom is -0.336 e. The minimum atomic E-state index is 0.202. The van der Waals surface area contributed by atoms with E-state index < -0.39 is 0 Å². The lowest BCUT2D eigenvalue weighted by Crippen LogP contribution is -2.33. The summed E-state index contributed by atoms with van der Waals surface area (Å²) in [5.74, 6) is 0.202. The van der Waals surface area contributed by atoms with Crippen molar-refractivity contribution in [2.45, 2.75) is 38.8 Å². The van der Waals surface area contributed by atoms with E-state index in [9.17, 15) is 4.79 Å². The lowest BCUT2D eigenvalue weighted by Gasteiger charge is -2.22. The number of amides is 1. The van der Waals surface area contributed by atoms with E-state index in [0.717, 1.165) is 31.6 Å². The molecular formula is C15H20N2O. The second kappa shape index (κ2) is 4.73. The molecule has 1 N–H and O–H groups in total. The molecule has 96 valence electrons. The average molecular weight is 244 g/mol. The van der Waals surface area contributed by atoms with Gasteiger partial charge >= 0.3 is 0 Å². The molecule has 0 unspecified atom stereocenters. The van der Waals surface area contributed by atoms with Crippen molar-refractivity contribution < 1.29 is 4.79 Å². The standard InChI is InChI=1S/C15H20N2O/c1-2-17(14-5-6-14)15(18)12-4-3-11-7-8-16-10-13(11)9-12/h3-4,9,14,16H,2,5-8,10H2,1H3. The van der Waals surface area contributed by atoms with E-state index in [1.807, 2.05) is 11.0 Å². The fourth-order valence-electron chi connectivity index (χ4n) is 2.73. The van der Waals surface area contributed by atoms with Crippen LogP contribution in [0.2, 0.25) is 0 Å². The summed E-state index contributed by atoms with van der Waals surface area (Å²) in [6.07, 6.45) is 3.42. The molecule has 1 fully saturated rings. The molecule has 0 spiro atoms. The van der Waals surface area contributed by atoms with Crippen LogP contribution in [0.25, 0.3) is 0 Å². The Morgan fingerprint density at radius 3 is 2.94 bits per heavy atom. The molecule has 1 aliphatic heterocycles. The largest absolute Gasteiger partial charge is 0.336 e. The molecule has 1 amide bonds. The van der Waals surface area contributed by atoms with E-state index in [1.165, 1.54) is 24.0 Å². The Balaban J connectivity index is 1.84. The van der Waals surface area contributed by atoms with Crippen LogP contribution in [0, 0.1) is 0 Å². The fraction of sp³-hybridized carbons (Fsp3) is 0.533. The molecular weight excluding hydrogens is 224 g/mol. The van der Waals surface area contributed by atoms with Crippen molar-refractivity contribution in [3.05, 3.63) is 34.9 Å². The van der Waals surface area contributed by atoms with Crippen LogP contribution in [0.1, 0.15) is 41.3 Å². The third-order valence-corrected chi connectivity index (χ3v) is 3.93. The van der Waals surface area contributed by atoms with Gasteiger partial charge in [-0.05, 0) is 56.0 Å². The van der Waals surface area contributed by atoms with Gasteiger partial charge in [0.1, 0.15) is 0 Å². The van der Waals surface area contributed by atoms with Crippen LogP contribution in [0.4, 0.5) is 0 Å². The van der Waals surface area contributed by atoms with E-state index >= 15 is 0 Å². The minimum absolute atomic E-state index is 0.202. The van der Waals surface area contributed by atoms with Gasteiger partial charge in [0.15, 0.2) is 0 Å². The van der Waals surface area contributed by atoms with Gasteiger partial charge in [-0.15, -0.1) is 0 Å². The highest BCUT2D eigenvalue weighted by molar-refractivity contribution is 5.95. The van der Waals surface area contributed by atoms with Crippen LogP contribution >= 0.6 is 0 Å². The maximum Gasteiger partial charge on any atom is 0.254 e. The van der Waals surface area contributed by atoms with Gasteiger partial charge in [0.2, 0.25) is 0 Å². The molecule has 0 atom stereocenters. The predicted molar refractivity (Wildman–Crippen MR) is 71.6 cm³/mol. The van der Waals surface area contributed by atoms with Crippen LogP contribution < -0.4 is 5.32 Å². The van der Waals surface area contributed by atoms with E-state index in [1.54, 1.807) is 0 Å². The zero-order valence-corrected chi connectivity index (χ0v) is 10.9. The second-order valence-electron chi connectivity index (χ2n) is 5.23. The molecule has 18 heavy (non-hydrogen) atoms. The Hall–Kier alpha value is -1.35. The molecule has 0 radical (unpaired) electrons. The molecule has 0 saturated heterocycles. The highest BCUT2D eigenvalue weighted by Crippen LogP contribution is 2.28. The van der Waals surface area contributed by atoms with Crippen molar-refractivity contribution in [2.24, 2.45) is 0 Å². The molecule has 1 aliphatic carbocycles. The summed E-state index contributed by atoms with van der Waals surface area (Å²) in [5.41, 5.74) is 3.53. The van der Waals surface area contributed by atoms with Crippen molar-refractivity contribution in [1.29, 1.82) is 0 Å². The van der Waals surface area contributed by atoms with Crippen molar-refractivity contribution in [1.82, 2.24) is 10.2 Å². The van der Waals surface area contributed by atoms with Crippen molar-refractivity contribution in [2.75, 3.05) is 13.1 Å². The summed E-state index contributed by atoms with van der Waals surface area (Å²) in [6, 6.07) is 6.70. The number of hydrogen-bond acceptors (Lipinski definition) is 2. The maximum absolute atomic E-state index is 12.4. The van der Waals surface area contributed by atoms with E-state index in [-0.39, 0.29) is 5.91 Å². The van der Waals surface area contributed by atoms with Crippen molar-refractivity contribution in [3.8, 4) is 0 Å². The van der Waals surface area contributed by atoms with Gasteiger partial charge in [-0.1, -0.05) is 6.07 Å². The molecule has 3 heteroatoms. The van der Waals surface area contributed by atoms with Crippen LogP contribution in [0.15, 0.2) is 18.2 Å². The Bertz CT molecular complexity index is 466. The van der Waals surface area contributed by atoms with Crippen molar-refractivity contribution >= 4 is 5.91 Å². The first-order valence-electron chi connectivity index (χ1n) is 6.93. The first-order chi connectivity index (χ1) is 8.79. The number of benzene rings is 1. The number of rotatable bonds is 3. The number of carbonyl (C=O) groups is 1. The molecule has 3 rings (SSSR count). The Morgan fingerprint density at radius 2 is 2.22 bits per heavy atom. The summed E-state index contributed by atoms with van der Waals surface area (Å²) >= 11 is 0. The maximum atomic E-state index is 12.4. The van der Waals surface area contributed by atoms with E-state index in [0.29, 0.717) is 6.04 Å². The van der Waals surface area contributed by atoms with Crippen LogP contribution in [-0.2, 0) is 13.0 Å². The summed E-state index contributed by atoms with van der Waals surface area (Å²) in [4.78, 5) is 14.5.